The van der Waals surface area contributed by atoms with Gasteiger partial charge in [-0.1, -0.05) is 29.8 Å². The third-order valence-electron chi connectivity index (χ3n) is 2.34. The molecule has 0 fully saturated rings. The van der Waals surface area contributed by atoms with Crippen LogP contribution in [0.1, 0.15) is 12.5 Å². The second-order valence-corrected chi connectivity index (χ2v) is 3.63. The smallest absolute Gasteiger partial charge is 0.0653 e. The van der Waals surface area contributed by atoms with E-state index in [0.717, 1.165) is 5.56 Å². The summed E-state index contributed by atoms with van der Waals surface area (Å²) in [6.45, 7) is 1.93. The van der Waals surface area contributed by atoms with Crippen LogP contribution in [0.4, 0.5) is 0 Å². The molecule has 0 aromatic heterocycles. The number of aliphatic hydroxyl groups excluding tert-OH is 1. The number of halogens is 1. The third kappa shape index (κ3) is 2.02. The lowest BCUT2D eigenvalue weighted by atomic mass is 9.93. The van der Waals surface area contributed by atoms with Crippen molar-refractivity contribution in [2.75, 3.05) is 13.7 Å². The topological polar surface area (TPSA) is 32.3 Å². The van der Waals surface area contributed by atoms with Gasteiger partial charge in [-0.15, -0.1) is 0 Å². The number of benzene rings is 1. The van der Waals surface area contributed by atoms with Crippen molar-refractivity contribution >= 4 is 11.6 Å². The van der Waals surface area contributed by atoms with Gasteiger partial charge in [-0.05, 0) is 25.6 Å². The van der Waals surface area contributed by atoms with Gasteiger partial charge in [-0.25, -0.2) is 0 Å². The van der Waals surface area contributed by atoms with E-state index >= 15 is 0 Å². The Balaban J connectivity index is 3.12. The number of likely N-dealkylation sites (N-methyl/N-ethyl adjacent to an activating group) is 1. The summed E-state index contributed by atoms with van der Waals surface area (Å²) in [7, 11) is 1.81. The molecule has 1 aromatic rings. The molecule has 3 heteroatoms. The summed E-state index contributed by atoms with van der Waals surface area (Å²) in [5, 5.41) is 13.0. The van der Waals surface area contributed by atoms with Crippen LogP contribution in [0.5, 0.6) is 0 Å². The highest BCUT2D eigenvalue weighted by Gasteiger charge is 2.25. The highest BCUT2D eigenvalue weighted by molar-refractivity contribution is 6.31. The van der Waals surface area contributed by atoms with Gasteiger partial charge in [0.2, 0.25) is 0 Å². The molecule has 1 atom stereocenters. The molecule has 0 saturated carbocycles. The second-order valence-electron chi connectivity index (χ2n) is 3.22. The van der Waals surface area contributed by atoms with Crippen molar-refractivity contribution in [3.05, 3.63) is 34.9 Å². The zero-order valence-corrected chi connectivity index (χ0v) is 8.60. The molecule has 2 N–H and O–H groups in total. The number of rotatable bonds is 3. The first-order valence-corrected chi connectivity index (χ1v) is 4.56. The van der Waals surface area contributed by atoms with Gasteiger partial charge in [0.05, 0.1) is 12.1 Å². The fourth-order valence-corrected chi connectivity index (χ4v) is 1.55. The average Bonchev–Trinajstić information content (AvgIpc) is 2.17. The third-order valence-corrected chi connectivity index (χ3v) is 2.67. The monoisotopic (exact) mass is 199 g/mol. The SMILES string of the molecule is CNC(C)(CO)c1ccccc1Cl. The minimum atomic E-state index is -0.460. The Morgan fingerprint density at radius 3 is 2.54 bits per heavy atom. The lowest BCUT2D eigenvalue weighted by molar-refractivity contribution is 0.183. The van der Waals surface area contributed by atoms with Crippen LogP contribution in [-0.4, -0.2) is 18.8 Å². The van der Waals surface area contributed by atoms with Gasteiger partial charge in [0, 0.05) is 5.02 Å². The van der Waals surface area contributed by atoms with E-state index in [0.29, 0.717) is 5.02 Å². The van der Waals surface area contributed by atoms with E-state index in [2.05, 4.69) is 5.32 Å². The maximum Gasteiger partial charge on any atom is 0.0653 e. The van der Waals surface area contributed by atoms with Crippen LogP contribution in [-0.2, 0) is 5.54 Å². The van der Waals surface area contributed by atoms with Crippen LogP contribution in [0.3, 0.4) is 0 Å². The minimum absolute atomic E-state index is 0.0211. The van der Waals surface area contributed by atoms with Gasteiger partial charge < -0.3 is 10.4 Å². The quantitative estimate of drug-likeness (QED) is 0.778. The highest BCUT2D eigenvalue weighted by atomic mass is 35.5. The largest absolute Gasteiger partial charge is 0.394 e. The Labute approximate surface area is 83.5 Å². The average molecular weight is 200 g/mol. The minimum Gasteiger partial charge on any atom is -0.394 e. The van der Waals surface area contributed by atoms with E-state index in [-0.39, 0.29) is 6.61 Å². The molecule has 0 heterocycles. The van der Waals surface area contributed by atoms with E-state index in [4.69, 9.17) is 11.6 Å². The molecule has 0 spiro atoms. The Morgan fingerprint density at radius 2 is 2.08 bits per heavy atom. The van der Waals surface area contributed by atoms with E-state index in [1.54, 1.807) is 7.05 Å². The molecule has 72 valence electrons. The molecule has 0 radical (unpaired) electrons. The van der Waals surface area contributed by atoms with Crippen LogP contribution in [0.25, 0.3) is 0 Å². The molecule has 0 amide bonds. The Hall–Kier alpha value is -0.570. The lowest BCUT2D eigenvalue weighted by Gasteiger charge is -2.28. The standard InChI is InChI=1S/C10H14ClNO/c1-10(7-13,12-2)8-5-3-4-6-9(8)11/h3-6,12-13H,7H2,1-2H3. The van der Waals surface area contributed by atoms with E-state index in [9.17, 15) is 5.11 Å². The first-order valence-electron chi connectivity index (χ1n) is 4.19. The number of nitrogens with one attached hydrogen (secondary N) is 1. The molecule has 1 aromatic carbocycles. The Kier molecular flexibility index (Phi) is 3.31. The van der Waals surface area contributed by atoms with Crippen molar-refractivity contribution in [1.29, 1.82) is 0 Å². The Morgan fingerprint density at radius 1 is 1.46 bits per heavy atom. The van der Waals surface area contributed by atoms with Crippen molar-refractivity contribution in [3.8, 4) is 0 Å². The molecule has 0 aliphatic carbocycles. The normalized spacial score (nSPS) is 15.4. The summed E-state index contributed by atoms with van der Waals surface area (Å²) in [4.78, 5) is 0. The summed E-state index contributed by atoms with van der Waals surface area (Å²) < 4.78 is 0. The van der Waals surface area contributed by atoms with Gasteiger partial charge in [-0.2, -0.15) is 0 Å². The Bertz CT molecular complexity index is 284. The first kappa shape index (κ1) is 10.5. The molecule has 1 unspecified atom stereocenters. The summed E-state index contributed by atoms with van der Waals surface area (Å²) >= 11 is 6.02. The second kappa shape index (κ2) is 4.09. The predicted octanol–water partition coefficient (Wildman–Crippen LogP) is 1.77. The van der Waals surface area contributed by atoms with E-state index in [1.165, 1.54) is 0 Å². The number of hydrogen-bond donors (Lipinski definition) is 2. The summed E-state index contributed by atoms with van der Waals surface area (Å²) in [5.41, 5.74) is 0.458. The molecule has 13 heavy (non-hydrogen) atoms. The predicted molar refractivity (Wildman–Crippen MR) is 54.9 cm³/mol. The van der Waals surface area contributed by atoms with Crippen molar-refractivity contribution in [2.45, 2.75) is 12.5 Å². The maximum atomic E-state index is 9.24. The van der Waals surface area contributed by atoms with Crippen molar-refractivity contribution in [1.82, 2.24) is 5.32 Å². The van der Waals surface area contributed by atoms with Crippen molar-refractivity contribution in [2.24, 2.45) is 0 Å². The van der Waals surface area contributed by atoms with Crippen molar-refractivity contribution in [3.63, 3.8) is 0 Å². The van der Waals surface area contributed by atoms with Gasteiger partial charge in [0.1, 0.15) is 0 Å². The summed E-state index contributed by atoms with van der Waals surface area (Å²) in [5.74, 6) is 0. The fraction of sp³-hybridized carbons (Fsp3) is 0.400. The number of aliphatic hydroxyl groups is 1. The van der Waals surface area contributed by atoms with Crippen LogP contribution in [0, 0.1) is 0 Å². The lowest BCUT2D eigenvalue weighted by Crippen LogP contribution is -2.40. The highest BCUT2D eigenvalue weighted by Crippen LogP contribution is 2.26. The molecule has 1 rings (SSSR count). The fourth-order valence-electron chi connectivity index (χ4n) is 1.21. The van der Waals surface area contributed by atoms with Crippen LogP contribution >= 0.6 is 11.6 Å². The van der Waals surface area contributed by atoms with Crippen LogP contribution in [0.15, 0.2) is 24.3 Å². The van der Waals surface area contributed by atoms with Gasteiger partial charge in [0.25, 0.3) is 0 Å². The zero-order chi connectivity index (χ0) is 9.90. The van der Waals surface area contributed by atoms with E-state index < -0.39 is 5.54 Å². The molecule has 0 bridgehead atoms. The summed E-state index contributed by atoms with van der Waals surface area (Å²) in [6.07, 6.45) is 0. The molecular formula is C10H14ClNO. The molecular weight excluding hydrogens is 186 g/mol. The summed E-state index contributed by atoms with van der Waals surface area (Å²) in [6, 6.07) is 7.52. The van der Waals surface area contributed by atoms with Crippen LogP contribution in [0.2, 0.25) is 5.02 Å². The van der Waals surface area contributed by atoms with E-state index in [1.807, 2.05) is 31.2 Å². The number of hydrogen-bond acceptors (Lipinski definition) is 2. The van der Waals surface area contributed by atoms with Crippen molar-refractivity contribution < 1.29 is 5.11 Å². The first-order chi connectivity index (χ1) is 6.14. The van der Waals surface area contributed by atoms with Crippen LogP contribution < -0.4 is 5.32 Å². The molecule has 0 aliphatic rings. The molecule has 0 aliphatic heterocycles. The molecule has 2 nitrogen and oxygen atoms in total. The maximum absolute atomic E-state index is 9.24. The molecule has 0 saturated heterocycles. The van der Waals surface area contributed by atoms with Gasteiger partial charge in [-0.3, -0.25) is 0 Å². The zero-order valence-electron chi connectivity index (χ0n) is 7.84. The van der Waals surface area contributed by atoms with Gasteiger partial charge >= 0.3 is 0 Å². The van der Waals surface area contributed by atoms with Gasteiger partial charge in [0.15, 0.2) is 0 Å².